The molecule has 21 heavy (non-hydrogen) atoms. The molecule has 2 atom stereocenters. The molecule has 3 heteroatoms. The highest BCUT2D eigenvalue weighted by atomic mass is 35.5. The Morgan fingerprint density at radius 1 is 1.29 bits per heavy atom. The highest BCUT2D eigenvalue weighted by molar-refractivity contribution is 8.00. The number of thioether (sulfide) groups is 1. The molecule has 0 aromatic heterocycles. The first-order chi connectivity index (χ1) is 10.1. The lowest BCUT2D eigenvalue weighted by molar-refractivity contribution is 0.417. The van der Waals surface area contributed by atoms with Crippen molar-refractivity contribution in [2.24, 2.45) is 5.92 Å². The minimum absolute atomic E-state index is 0.393. The van der Waals surface area contributed by atoms with Crippen molar-refractivity contribution in [2.45, 2.75) is 16.6 Å². The maximum Gasteiger partial charge on any atom is 0.0382 e. The van der Waals surface area contributed by atoms with Gasteiger partial charge in [-0.25, -0.2) is 0 Å². The van der Waals surface area contributed by atoms with E-state index < -0.39 is 0 Å². The van der Waals surface area contributed by atoms with Crippen LogP contribution in [0.25, 0.3) is 5.57 Å². The third-order valence-corrected chi connectivity index (χ3v) is 5.48. The van der Waals surface area contributed by atoms with Crippen LogP contribution >= 0.6 is 23.4 Å². The van der Waals surface area contributed by atoms with Gasteiger partial charge in [-0.15, -0.1) is 11.8 Å². The smallest absolute Gasteiger partial charge is 0.0382 e. The molecule has 2 aliphatic rings. The molecule has 0 amide bonds. The lowest BCUT2D eigenvalue weighted by atomic mass is 9.86. The van der Waals surface area contributed by atoms with Gasteiger partial charge in [0.2, 0.25) is 0 Å². The molecule has 1 aliphatic heterocycles. The first-order valence-corrected chi connectivity index (χ1v) is 8.57. The number of hydrogen-bond acceptors (Lipinski definition) is 2. The number of hydrogen-bond donors (Lipinski definition) is 0. The van der Waals surface area contributed by atoms with E-state index in [1.165, 1.54) is 16.0 Å². The molecular weight excluding hydrogens is 298 g/mol. The first-order valence-electron chi connectivity index (χ1n) is 7.31. The fourth-order valence-electron chi connectivity index (χ4n) is 2.87. The second-order valence-electron chi connectivity index (χ2n) is 5.77. The van der Waals surface area contributed by atoms with E-state index in [9.17, 15) is 0 Å². The molecule has 1 heterocycles. The van der Waals surface area contributed by atoms with Crippen molar-refractivity contribution in [3.63, 3.8) is 0 Å². The van der Waals surface area contributed by atoms with Crippen LogP contribution in [0.3, 0.4) is 0 Å². The lowest BCUT2D eigenvalue weighted by Crippen LogP contribution is -2.22. The Morgan fingerprint density at radius 2 is 2.10 bits per heavy atom. The third-order valence-electron chi connectivity index (χ3n) is 3.90. The van der Waals surface area contributed by atoms with Crippen LogP contribution in [-0.4, -0.2) is 30.8 Å². The minimum Gasteiger partial charge on any atom is -0.309 e. The van der Waals surface area contributed by atoms with E-state index in [1.807, 2.05) is 17.8 Å². The summed E-state index contributed by atoms with van der Waals surface area (Å²) in [6, 6.07) is 8.71. The van der Waals surface area contributed by atoms with E-state index in [0.29, 0.717) is 11.2 Å². The van der Waals surface area contributed by atoms with Crippen molar-refractivity contribution < 1.29 is 0 Å². The van der Waals surface area contributed by atoms with Crippen LogP contribution < -0.4 is 0 Å². The molecular formula is C18H20ClNS. The quantitative estimate of drug-likeness (QED) is 0.787. The van der Waals surface area contributed by atoms with E-state index in [2.05, 4.69) is 61.5 Å². The van der Waals surface area contributed by atoms with Crippen molar-refractivity contribution in [3.8, 4) is 0 Å². The molecule has 1 aliphatic carbocycles. The highest BCUT2D eigenvalue weighted by Crippen LogP contribution is 2.48. The summed E-state index contributed by atoms with van der Waals surface area (Å²) in [6.45, 7) is 1.07. The van der Waals surface area contributed by atoms with Crippen LogP contribution in [-0.2, 0) is 0 Å². The summed E-state index contributed by atoms with van der Waals surface area (Å²) in [5.74, 6) is 0.393. The zero-order chi connectivity index (χ0) is 14.8. The molecule has 0 radical (unpaired) electrons. The van der Waals surface area contributed by atoms with Crippen LogP contribution in [0.15, 0.2) is 58.5 Å². The van der Waals surface area contributed by atoms with Crippen molar-refractivity contribution in [3.05, 3.63) is 59.2 Å². The number of benzene rings is 1. The summed E-state index contributed by atoms with van der Waals surface area (Å²) in [7, 11) is 4.23. The summed E-state index contributed by atoms with van der Waals surface area (Å²) in [4.78, 5) is 3.60. The van der Waals surface area contributed by atoms with Gasteiger partial charge in [-0.05, 0) is 43.8 Å². The number of nitrogens with zero attached hydrogens (tertiary/aromatic N) is 1. The van der Waals surface area contributed by atoms with Gasteiger partial charge in [-0.2, -0.15) is 0 Å². The predicted molar refractivity (Wildman–Crippen MR) is 93.8 cm³/mol. The van der Waals surface area contributed by atoms with Gasteiger partial charge < -0.3 is 4.90 Å². The van der Waals surface area contributed by atoms with Crippen molar-refractivity contribution in [1.29, 1.82) is 0 Å². The Kier molecular flexibility index (Phi) is 4.58. The molecule has 1 aromatic carbocycles. The predicted octanol–water partition coefficient (Wildman–Crippen LogP) is 4.80. The lowest BCUT2D eigenvalue weighted by Gasteiger charge is -2.33. The Morgan fingerprint density at radius 3 is 2.90 bits per heavy atom. The standard InChI is InChI=1S/C18H20ClNS/c1-20(2)11-5-7-14-15-6-3-4-8-17(15)21-18-10-9-13(19)12-16(14)18/h3-4,6-10,12,16,18H,5,11H2,1-2H3/b14-7-. The number of allylic oxidation sites excluding steroid dienone is 4. The molecule has 3 rings (SSSR count). The Balaban J connectivity index is 1.98. The molecule has 1 aromatic rings. The molecule has 110 valence electrons. The summed E-state index contributed by atoms with van der Waals surface area (Å²) in [5, 5.41) is 1.32. The van der Waals surface area contributed by atoms with Crippen molar-refractivity contribution in [1.82, 2.24) is 4.90 Å². The fraction of sp³-hybridized carbons (Fsp3) is 0.333. The Labute approximate surface area is 136 Å². The van der Waals surface area contributed by atoms with Gasteiger partial charge in [-0.3, -0.25) is 0 Å². The summed E-state index contributed by atoms with van der Waals surface area (Å²) in [6.07, 6.45) is 9.95. The van der Waals surface area contributed by atoms with Gasteiger partial charge in [0.25, 0.3) is 0 Å². The maximum absolute atomic E-state index is 6.24. The Bertz CT molecular complexity index is 615. The number of fused-ring (bicyclic) bond motifs is 2. The van der Waals surface area contributed by atoms with Gasteiger partial charge in [0.1, 0.15) is 0 Å². The van der Waals surface area contributed by atoms with Gasteiger partial charge in [-0.1, -0.05) is 48.0 Å². The SMILES string of the molecule is CN(C)CC/C=C1/c2ccccc2SC2C=CC(Cl)=CC12. The average Bonchev–Trinajstić information content (AvgIpc) is 2.46. The number of halogens is 1. The van der Waals surface area contributed by atoms with Crippen molar-refractivity contribution >= 4 is 28.9 Å². The summed E-state index contributed by atoms with van der Waals surface area (Å²) in [5.41, 5.74) is 2.80. The average molecular weight is 318 g/mol. The zero-order valence-corrected chi connectivity index (χ0v) is 14.0. The van der Waals surface area contributed by atoms with Crippen LogP contribution in [0.1, 0.15) is 12.0 Å². The van der Waals surface area contributed by atoms with Crippen LogP contribution in [0.2, 0.25) is 0 Å². The molecule has 0 N–H and O–H groups in total. The molecule has 0 spiro atoms. The van der Waals surface area contributed by atoms with E-state index in [0.717, 1.165) is 18.0 Å². The second kappa shape index (κ2) is 6.43. The van der Waals surface area contributed by atoms with Crippen LogP contribution in [0.4, 0.5) is 0 Å². The van der Waals surface area contributed by atoms with Crippen LogP contribution in [0.5, 0.6) is 0 Å². The van der Waals surface area contributed by atoms with Crippen LogP contribution in [0, 0.1) is 5.92 Å². The van der Waals surface area contributed by atoms with Crippen molar-refractivity contribution in [2.75, 3.05) is 20.6 Å². The topological polar surface area (TPSA) is 3.24 Å². The third kappa shape index (κ3) is 3.28. The molecule has 1 nitrogen and oxygen atoms in total. The zero-order valence-electron chi connectivity index (χ0n) is 12.4. The van der Waals surface area contributed by atoms with E-state index in [-0.39, 0.29) is 0 Å². The fourth-order valence-corrected chi connectivity index (χ4v) is 4.37. The summed E-state index contributed by atoms with van der Waals surface area (Å²) >= 11 is 8.19. The second-order valence-corrected chi connectivity index (χ2v) is 7.42. The molecule has 0 saturated carbocycles. The molecule has 2 unspecified atom stereocenters. The Hall–Kier alpha value is -0.960. The van der Waals surface area contributed by atoms with Gasteiger partial charge >= 0.3 is 0 Å². The normalized spacial score (nSPS) is 25.7. The van der Waals surface area contributed by atoms with Gasteiger partial charge in [0, 0.05) is 27.6 Å². The van der Waals surface area contributed by atoms with E-state index in [4.69, 9.17) is 11.6 Å². The highest BCUT2D eigenvalue weighted by Gasteiger charge is 2.31. The van der Waals surface area contributed by atoms with Gasteiger partial charge in [0.05, 0.1) is 0 Å². The maximum atomic E-state index is 6.24. The largest absolute Gasteiger partial charge is 0.309 e. The minimum atomic E-state index is 0.393. The first kappa shape index (κ1) is 15.0. The number of rotatable bonds is 3. The van der Waals surface area contributed by atoms with E-state index >= 15 is 0 Å². The molecule has 0 fully saturated rings. The summed E-state index contributed by atoms with van der Waals surface area (Å²) < 4.78 is 0. The molecule has 0 saturated heterocycles. The van der Waals surface area contributed by atoms with E-state index in [1.54, 1.807) is 0 Å². The monoisotopic (exact) mass is 317 g/mol. The van der Waals surface area contributed by atoms with Gasteiger partial charge in [0.15, 0.2) is 0 Å². The molecule has 0 bridgehead atoms.